The molecule has 0 spiro atoms. The van der Waals surface area contributed by atoms with Gasteiger partial charge in [0.05, 0.1) is 16.5 Å². The van der Waals surface area contributed by atoms with Crippen LogP contribution in [0.25, 0.3) is 0 Å². The van der Waals surface area contributed by atoms with E-state index in [0.29, 0.717) is 5.82 Å². The summed E-state index contributed by atoms with van der Waals surface area (Å²) in [4.78, 5) is 14.2. The number of hydrogen-bond donors (Lipinski definition) is 2. The Hall–Kier alpha value is -3.09. The lowest BCUT2D eigenvalue weighted by molar-refractivity contribution is -0.384. The van der Waals surface area contributed by atoms with E-state index in [2.05, 4.69) is 30.9 Å². The Morgan fingerprint density at radius 2 is 2.42 bits per heavy atom. The summed E-state index contributed by atoms with van der Waals surface area (Å²) in [6, 6.07) is 2.53. The third-order valence-electron chi connectivity index (χ3n) is 2.30. The first kappa shape index (κ1) is 12.4. The van der Waals surface area contributed by atoms with Crippen LogP contribution in [-0.4, -0.2) is 30.5 Å². The first-order valence-electron chi connectivity index (χ1n) is 5.16. The molecule has 2 aromatic heterocycles. The van der Waals surface area contributed by atoms with Crippen LogP contribution in [0.15, 0.2) is 12.3 Å². The summed E-state index contributed by atoms with van der Waals surface area (Å²) >= 11 is 0. The average molecular weight is 260 g/mol. The van der Waals surface area contributed by atoms with E-state index in [1.54, 1.807) is 13.0 Å². The number of nitriles is 1. The fourth-order valence-electron chi connectivity index (χ4n) is 1.39. The summed E-state index contributed by atoms with van der Waals surface area (Å²) in [6.45, 7) is 1.70. The maximum atomic E-state index is 10.9. The van der Waals surface area contributed by atoms with Gasteiger partial charge in [0.1, 0.15) is 6.07 Å². The molecule has 0 radical (unpaired) electrons. The van der Waals surface area contributed by atoms with E-state index < -0.39 is 11.0 Å². The largest absolute Gasteiger partial charge is 0.354 e. The first-order chi connectivity index (χ1) is 9.11. The lowest BCUT2D eigenvalue weighted by Gasteiger charge is -2.10. The van der Waals surface area contributed by atoms with Crippen LogP contribution in [0.5, 0.6) is 0 Å². The number of nitrogens with zero attached hydrogens (tertiary/aromatic N) is 6. The molecule has 1 atom stereocenters. The van der Waals surface area contributed by atoms with Gasteiger partial charge in [-0.05, 0) is 6.92 Å². The second-order valence-electron chi connectivity index (χ2n) is 3.60. The highest BCUT2D eigenvalue weighted by atomic mass is 16.6. The van der Waals surface area contributed by atoms with E-state index in [1.807, 2.05) is 0 Å². The van der Waals surface area contributed by atoms with Crippen LogP contribution >= 0.6 is 0 Å². The Balaban J connectivity index is 2.30. The number of nitrogens with one attached hydrogen (secondary N) is 2. The molecule has 10 nitrogen and oxygen atoms in total. The van der Waals surface area contributed by atoms with Crippen molar-refractivity contribution in [2.75, 3.05) is 5.32 Å². The number of hydrogen-bond acceptors (Lipinski definition) is 8. The molecule has 19 heavy (non-hydrogen) atoms. The molecule has 96 valence electrons. The molecule has 0 saturated heterocycles. The van der Waals surface area contributed by atoms with Crippen LogP contribution in [0.4, 0.5) is 11.5 Å². The van der Waals surface area contributed by atoms with Gasteiger partial charge in [-0.3, -0.25) is 10.1 Å². The molecule has 2 rings (SSSR count). The monoisotopic (exact) mass is 260 g/mol. The van der Waals surface area contributed by atoms with E-state index in [9.17, 15) is 10.1 Å². The third-order valence-corrected chi connectivity index (χ3v) is 2.30. The third kappa shape index (κ3) is 2.60. The zero-order valence-corrected chi connectivity index (χ0v) is 9.73. The van der Waals surface area contributed by atoms with Crippen molar-refractivity contribution in [2.24, 2.45) is 0 Å². The topological polar surface area (TPSA) is 146 Å². The van der Waals surface area contributed by atoms with E-state index in [1.165, 1.54) is 6.20 Å². The van der Waals surface area contributed by atoms with Gasteiger partial charge in [0.15, 0.2) is 5.82 Å². The highest BCUT2D eigenvalue weighted by molar-refractivity contribution is 5.58. The molecule has 0 amide bonds. The number of pyridine rings is 1. The van der Waals surface area contributed by atoms with Gasteiger partial charge in [0.25, 0.3) is 0 Å². The molecule has 2 aromatic rings. The van der Waals surface area contributed by atoms with E-state index >= 15 is 0 Å². The van der Waals surface area contributed by atoms with Crippen LogP contribution in [0, 0.1) is 21.4 Å². The fraction of sp³-hybridized carbons (Fsp3) is 0.222. The Bertz CT molecular complexity index is 632. The van der Waals surface area contributed by atoms with Crippen molar-refractivity contribution < 1.29 is 4.92 Å². The maximum absolute atomic E-state index is 10.9. The van der Waals surface area contributed by atoms with Gasteiger partial charge in [-0.15, -0.1) is 10.2 Å². The van der Waals surface area contributed by atoms with Gasteiger partial charge >= 0.3 is 5.69 Å². The van der Waals surface area contributed by atoms with Crippen molar-refractivity contribution >= 4 is 11.5 Å². The minimum Gasteiger partial charge on any atom is -0.354 e. The predicted molar refractivity (Wildman–Crippen MR) is 61.8 cm³/mol. The van der Waals surface area contributed by atoms with Crippen molar-refractivity contribution in [3.05, 3.63) is 33.8 Å². The molecule has 2 N–H and O–H groups in total. The number of aromatic nitrogens is 5. The first-order valence-corrected chi connectivity index (χ1v) is 5.16. The highest BCUT2D eigenvalue weighted by Gasteiger charge is 2.20. The molecule has 0 aromatic carbocycles. The predicted octanol–water partition coefficient (Wildman–Crippen LogP) is 0.548. The van der Waals surface area contributed by atoms with Crippen LogP contribution in [0.3, 0.4) is 0 Å². The smallest absolute Gasteiger partial charge is 0.312 e. The number of H-pyrrole nitrogens is 1. The van der Waals surface area contributed by atoms with E-state index in [-0.39, 0.29) is 17.1 Å². The van der Waals surface area contributed by atoms with Crippen LogP contribution in [0.2, 0.25) is 0 Å². The molecule has 0 saturated carbocycles. The average Bonchev–Trinajstić information content (AvgIpc) is 2.92. The summed E-state index contributed by atoms with van der Waals surface area (Å²) in [5.41, 5.74) is -0.168. The van der Waals surface area contributed by atoms with Crippen molar-refractivity contribution in [1.29, 1.82) is 5.26 Å². The minimum absolute atomic E-state index is 0.0429. The van der Waals surface area contributed by atoms with Crippen LogP contribution in [-0.2, 0) is 0 Å². The highest BCUT2D eigenvalue weighted by Crippen LogP contribution is 2.25. The maximum Gasteiger partial charge on any atom is 0.312 e. The molecule has 0 aliphatic carbocycles. The number of aromatic amines is 1. The second kappa shape index (κ2) is 5.05. The summed E-state index contributed by atoms with van der Waals surface area (Å²) in [6.07, 6.45) is 1.25. The second-order valence-corrected chi connectivity index (χ2v) is 3.60. The van der Waals surface area contributed by atoms with Gasteiger partial charge in [-0.2, -0.15) is 10.5 Å². The van der Waals surface area contributed by atoms with Crippen LogP contribution < -0.4 is 5.32 Å². The number of tetrazole rings is 1. The summed E-state index contributed by atoms with van der Waals surface area (Å²) in [7, 11) is 0. The quantitative estimate of drug-likeness (QED) is 0.598. The number of nitro groups is 1. The van der Waals surface area contributed by atoms with E-state index in [0.717, 1.165) is 6.07 Å². The minimum atomic E-state index is -0.612. The van der Waals surface area contributed by atoms with Crippen molar-refractivity contribution in [3.8, 4) is 6.07 Å². The zero-order chi connectivity index (χ0) is 13.8. The van der Waals surface area contributed by atoms with Gasteiger partial charge < -0.3 is 5.32 Å². The Morgan fingerprint density at radius 3 is 3.00 bits per heavy atom. The molecular weight excluding hydrogens is 252 g/mol. The normalized spacial score (nSPS) is 11.6. The van der Waals surface area contributed by atoms with Crippen LogP contribution in [0.1, 0.15) is 24.4 Å². The number of anilines is 1. The lowest BCUT2D eigenvalue weighted by Crippen LogP contribution is -2.11. The van der Waals surface area contributed by atoms with Crippen molar-refractivity contribution in [1.82, 2.24) is 25.6 Å². The van der Waals surface area contributed by atoms with Gasteiger partial charge in [0, 0.05) is 12.3 Å². The Kier molecular flexibility index (Phi) is 3.29. The standard InChI is InChI=1S/C9H8N8O2/c1-5(8-13-15-16-14-8)12-9-7(17(18)19)2-6(3-10)4-11-9/h2,4-5H,1H3,(H,11,12)(H,13,14,15,16). The molecule has 10 heteroatoms. The summed E-state index contributed by atoms with van der Waals surface area (Å²) in [5, 5.41) is 35.6. The summed E-state index contributed by atoms with van der Waals surface area (Å²) < 4.78 is 0. The molecule has 1 unspecified atom stereocenters. The van der Waals surface area contributed by atoms with Gasteiger partial charge in [-0.1, -0.05) is 5.21 Å². The fourth-order valence-corrected chi connectivity index (χ4v) is 1.39. The SMILES string of the molecule is CC(Nc1ncc(C#N)cc1[N+](=O)[O-])c1nn[nH]n1. The lowest BCUT2D eigenvalue weighted by atomic mass is 10.2. The van der Waals surface area contributed by atoms with Crippen molar-refractivity contribution in [2.45, 2.75) is 13.0 Å². The molecular formula is C9H8N8O2. The van der Waals surface area contributed by atoms with Crippen molar-refractivity contribution in [3.63, 3.8) is 0 Å². The number of rotatable bonds is 4. The molecule has 0 aliphatic rings. The molecule has 2 heterocycles. The Labute approximate surface area is 106 Å². The molecule has 0 bridgehead atoms. The van der Waals surface area contributed by atoms with E-state index in [4.69, 9.17) is 5.26 Å². The molecule has 0 aliphatic heterocycles. The van der Waals surface area contributed by atoms with Gasteiger partial charge in [0.2, 0.25) is 5.82 Å². The summed E-state index contributed by atoms with van der Waals surface area (Å²) in [5.74, 6) is 0.391. The molecule has 0 fully saturated rings. The van der Waals surface area contributed by atoms with Gasteiger partial charge in [-0.25, -0.2) is 4.98 Å². The zero-order valence-electron chi connectivity index (χ0n) is 9.73. The Morgan fingerprint density at radius 1 is 1.63 bits per heavy atom.